The second-order valence-corrected chi connectivity index (χ2v) is 5.54. The highest BCUT2D eigenvalue weighted by molar-refractivity contribution is 6.10. The van der Waals surface area contributed by atoms with Gasteiger partial charge in [-0.25, -0.2) is 0 Å². The lowest BCUT2D eigenvalue weighted by atomic mass is 10.1. The number of fused-ring (bicyclic) bond motifs is 1. The number of para-hydroxylation sites is 1. The number of Topliss-reactive ketones (excluding diaryl/α,β-unsaturated/α-hetero) is 1. The average molecular weight is 272 g/mol. The number of rotatable bonds is 4. The highest BCUT2D eigenvalue weighted by Crippen LogP contribution is 2.24. The molecule has 2 N–H and O–H groups in total. The molecule has 3 rings (SSSR count). The smallest absolute Gasteiger partial charge is 0.179 e. The first-order chi connectivity index (χ1) is 9.70. The van der Waals surface area contributed by atoms with Gasteiger partial charge in [0.15, 0.2) is 5.78 Å². The van der Waals surface area contributed by atoms with Crippen LogP contribution in [0.4, 0.5) is 0 Å². The summed E-state index contributed by atoms with van der Waals surface area (Å²) >= 11 is 0. The van der Waals surface area contributed by atoms with Crippen molar-refractivity contribution in [2.75, 3.05) is 19.7 Å². The fourth-order valence-corrected chi connectivity index (χ4v) is 3.21. The predicted octanol–water partition coefficient (Wildman–Crippen LogP) is 2.12. The van der Waals surface area contributed by atoms with E-state index in [9.17, 15) is 9.90 Å². The molecule has 0 bridgehead atoms. The van der Waals surface area contributed by atoms with E-state index in [4.69, 9.17) is 0 Å². The molecule has 1 aromatic heterocycles. The topological polar surface area (TPSA) is 56.3 Å². The third-order valence-corrected chi connectivity index (χ3v) is 4.23. The predicted molar refractivity (Wildman–Crippen MR) is 79.0 cm³/mol. The monoisotopic (exact) mass is 272 g/mol. The average Bonchev–Trinajstić information content (AvgIpc) is 3.01. The van der Waals surface area contributed by atoms with Gasteiger partial charge >= 0.3 is 0 Å². The van der Waals surface area contributed by atoms with Crippen LogP contribution in [-0.2, 0) is 0 Å². The normalized spacial score (nSPS) is 19.8. The minimum atomic E-state index is 0.139. The molecule has 1 saturated heterocycles. The van der Waals surface area contributed by atoms with Crippen molar-refractivity contribution in [1.82, 2.24) is 9.88 Å². The molecule has 1 aromatic carbocycles. The van der Waals surface area contributed by atoms with Gasteiger partial charge in [0.1, 0.15) is 0 Å². The molecule has 1 aliphatic rings. The van der Waals surface area contributed by atoms with Crippen molar-refractivity contribution in [2.24, 2.45) is 0 Å². The number of nitrogens with zero attached hydrogens (tertiary/aromatic N) is 1. The second kappa shape index (κ2) is 5.38. The minimum Gasteiger partial charge on any atom is -0.395 e. The van der Waals surface area contributed by atoms with Gasteiger partial charge in [0.2, 0.25) is 0 Å². The summed E-state index contributed by atoms with van der Waals surface area (Å²) in [6.07, 6.45) is 2.04. The van der Waals surface area contributed by atoms with E-state index < -0.39 is 0 Å². The largest absolute Gasteiger partial charge is 0.395 e. The van der Waals surface area contributed by atoms with Crippen molar-refractivity contribution in [2.45, 2.75) is 25.8 Å². The first kappa shape index (κ1) is 13.3. The Balaban J connectivity index is 1.87. The number of ketones is 1. The number of aryl methyl sites for hydroxylation is 1. The number of H-pyrrole nitrogens is 1. The molecule has 2 aromatic rings. The summed E-state index contributed by atoms with van der Waals surface area (Å²) < 4.78 is 0. The summed E-state index contributed by atoms with van der Waals surface area (Å²) in [7, 11) is 0. The molecule has 1 fully saturated rings. The summed E-state index contributed by atoms with van der Waals surface area (Å²) in [6, 6.07) is 8.04. The number of aromatic nitrogens is 1. The van der Waals surface area contributed by atoms with Crippen LogP contribution in [0.15, 0.2) is 24.3 Å². The molecule has 0 radical (unpaired) electrons. The van der Waals surface area contributed by atoms with Gasteiger partial charge < -0.3 is 10.1 Å². The zero-order chi connectivity index (χ0) is 14.1. The summed E-state index contributed by atoms with van der Waals surface area (Å²) in [4.78, 5) is 18.0. The van der Waals surface area contributed by atoms with Gasteiger partial charge in [-0.1, -0.05) is 18.2 Å². The lowest BCUT2D eigenvalue weighted by Crippen LogP contribution is -2.36. The van der Waals surface area contributed by atoms with Crippen LogP contribution in [-0.4, -0.2) is 46.5 Å². The van der Waals surface area contributed by atoms with Crippen LogP contribution in [0.25, 0.3) is 10.9 Å². The molecule has 0 saturated carbocycles. The van der Waals surface area contributed by atoms with E-state index in [1.807, 2.05) is 31.2 Å². The highest BCUT2D eigenvalue weighted by atomic mass is 16.3. The number of nitrogens with one attached hydrogen (secondary N) is 1. The van der Waals surface area contributed by atoms with Crippen LogP contribution in [0.1, 0.15) is 28.9 Å². The Hall–Kier alpha value is -1.65. The molecular formula is C16H20N2O2. The quantitative estimate of drug-likeness (QED) is 0.838. The van der Waals surface area contributed by atoms with Crippen LogP contribution in [0.2, 0.25) is 0 Å². The maximum atomic E-state index is 12.6. The standard InChI is InChI=1S/C16H20N2O2/c1-11-16(13-6-2-3-7-14(13)17-11)15(20)9-18-8-4-5-12(18)10-19/h2-3,6-7,12,17,19H,4-5,8-10H2,1H3/t12-/m1/s1. The van der Waals surface area contributed by atoms with E-state index in [0.717, 1.165) is 41.5 Å². The SMILES string of the molecule is Cc1[nH]c2ccccc2c1C(=O)CN1CCC[C@@H]1CO. The van der Waals surface area contributed by atoms with E-state index in [-0.39, 0.29) is 18.4 Å². The maximum Gasteiger partial charge on any atom is 0.179 e. The van der Waals surface area contributed by atoms with Gasteiger partial charge in [0.05, 0.1) is 13.2 Å². The Kier molecular flexibility index (Phi) is 3.59. The number of benzene rings is 1. The van der Waals surface area contributed by atoms with E-state index in [2.05, 4.69) is 9.88 Å². The Morgan fingerprint density at radius 3 is 3.05 bits per heavy atom. The lowest BCUT2D eigenvalue weighted by Gasteiger charge is -2.21. The van der Waals surface area contributed by atoms with Gasteiger partial charge in [0, 0.05) is 28.2 Å². The van der Waals surface area contributed by atoms with Crippen LogP contribution >= 0.6 is 0 Å². The summed E-state index contributed by atoms with van der Waals surface area (Å²) in [5.41, 5.74) is 2.73. The molecule has 4 nitrogen and oxygen atoms in total. The molecule has 2 heterocycles. The highest BCUT2D eigenvalue weighted by Gasteiger charge is 2.27. The van der Waals surface area contributed by atoms with Crippen molar-refractivity contribution in [1.29, 1.82) is 0 Å². The van der Waals surface area contributed by atoms with Crippen molar-refractivity contribution < 1.29 is 9.90 Å². The minimum absolute atomic E-state index is 0.139. The van der Waals surface area contributed by atoms with E-state index >= 15 is 0 Å². The van der Waals surface area contributed by atoms with Crippen molar-refractivity contribution in [3.63, 3.8) is 0 Å². The van der Waals surface area contributed by atoms with Crippen molar-refractivity contribution in [3.05, 3.63) is 35.5 Å². The third-order valence-electron chi connectivity index (χ3n) is 4.23. The Bertz CT molecular complexity index is 632. The van der Waals surface area contributed by atoms with Gasteiger partial charge in [0.25, 0.3) is 0 Å². The maximum absolute atomic E-state index is 12.6. The number of aromatic amines is 1. The number of carbonyl (C=O) groups is 1. The van der Waals surface area contributed by atoms with E-state index in [1.54, 1.807) is 0 Å². The van der Waals surface area contributed by atoms with E-state index in [1.165, 1.54) is 0 Å². The number of aliphatic hydroxyl groups is 1. The Morgan fingerprint density at radius 1 is 1.45 bits per heavy atom. The molecule has 1 aliphatic heterocycles. The van der Waals surface area contributed by atoms with Crippen molar-refractivity contribution in [3.8, 4) is 0 Å². The van der Waals surface area contributed by atoms with Gasteiger partial charge in [-0.2, -0.15) is 0 Å². The molecule has 1 atom stereocenters. The number of likely N-dealkylation sites (tertiary alicyclic amines) is 1. The van der Waals surface area contributed by atoms with Gasteiger partial charge in [-0.3, -0.25) is 9.69 Å². The molecule has 106 valence electrons. The third kappa shape index (κ3) is 2.25. The second-order valence-electron chi connectivity index (χ2n) is 5.54. The van der Waals surface area contributed by atoms with Crippen LogP contribution < -0.4 is 0 Å². The Morgan fingerprint density at radius 2 is 2.25 bits per heavy atom. The summed E-state index contributed by atoms with van der Waals surface area (Å²) in [6.45, 7) is 3.38. The van der Waals surface area contributed by atoms with E-state index in [0.29, 0.717) is 6.54 Å². The Labute approximate surface area is 118 Å². The fraction of sp³-hybridized carbons (Fsp3) is 0.438. The molecule has 4 heteroatoms. The lowest BCUT2D eigenvalue weighted by molar-refractivity contribution is 0.0889. The van der Waals surface area contributed by atoms with Gasteiger partial charge in [-0.15, -0.1) is 0 Å². The van der Waals surface area contributed by atoms with Gasteiger partial charge in [-0.05, 0) is 32.4 Å². The molecular weight excluding hydrogens is 252 g/mol. The molecule has 0 amide bonds. The zero-order valence-corrected chi connectivity index (χ0v) is 11.7. The molecule has 0 spiro atoms. The number of hydrogen-bond acceptors (Lipinski definition) is 3. The van der Waals surface area contributed by atoms with Crippen LogP contribution in [0.3, 0.4) is 0 Å². The molecule has 20 heavy (non-hydrogen) atoms. The number of aliphatic hydroxyl groups excluding tert-OH is 1. The molecule has 0 unspecified atom stereocenters. The first-order valence-corrected chi connectivity index (χ1v) is 7.16. The zero-order valence-electron chi connectivity index (χ0n) is 11.7. The van der Waals surface area contributed by atoms with Crippen molar-refractivity contribution >= 4 is 16.7 Å². The molecule has 0 aliphatic carbocycles. The summed E-state index contributed by atoms with van der Waals surface area (Å²) in [5, 5.41) is 10.3. The van der Waals surface area contributed by atoms with Crippen LogP contribution in [0, 0.1) is 6.92 Å². The van der Waals surface area contributed by atoms with Crippen LogP contribution in [0.5, 0.6) is 0 Å². The summed E-state index contributed by atoms with van der Waals surface area (Å²) in [5.74, 6) is 0.139. The fourth-order valence-electron chi connectivity index (χ4n) is 3.21. The number of carbonyl (C=O) groups excluding carboxylic acids is 1. The number of hydrogen-bond donors (Lipinski definition) is 2. The first-order valence-electron chi connectivity index (χ1n) is 7.16.